The van der Waals surface area contributed by atoms with Crippen LogP contribution >= 0.6 is 0 Å². The molecule has 19 heavy (non-hydrogen) atoms. The van der Waals surface area contributed by atoms with Gasteiger partial charge in [-0.05, 0) is 43.4 Å². The van der Waals surface area contributed by atoms with E-state index in [0.717, 1.165) is 38.5 Å². The van der Waals surface area contributed by atoms with Crippen LogP contribution in [0.2, 0.25) is 0 Å². The maximum absolute atomic E-state index is 11.7. The van der Waals surface area contributed by atoms with Crippen LogP contribution in [0.4, 0.5) is 0 Å². The van der Waals surface area contributed by atoms with Crippen molar-refractivity contribution < 1.29 is 14.3 Å². The van der Waals surface area contributed by atoms with Crippen molar-refractivity contribution in [3.63, 3.8) is 0 Å². The number of hydrogen-bond acceptors (Lipinski definition) is 3. The lowest BCUT2D eigenvalue weighted by molar-refractivity contribution is -0.145. The molecule has 0 aromatic carbocycles. The summed E-state index contributed by atoms with van der Waals surface area (Å²) in [6.07, 6.45) is 8.16. The lowest BCUT2D eigenvalue weighted by Crippen LogP contribution is -2.20. The van der Waals surface area contributed by atoms with Crippen LogP contribution < -0.4 is 0 Å². The molecular formula is C16H28O3. The van der Waals surface area contributed by atoms with Crippen molar-refractivity contribution >= 4 is 5.97 Å². The second-order valence-corrected chi connectivity index (χ2v) is 6.95. The zero-order valence-electron chi connectivity index (χ0n) is 12.6. The molecule has 2 aliphatic rings. The molecule has 1 saturated carbocycles. The van der Waals surface area contributed by atoms with Crippen LogP contribution in [0.5, 0.6) is 0 Å². The van der Waals surface area contributed by atoms with E-state index < -0.39 is 0 Å². The van der Waals surface area contributed by atoms with Crippen molar-refractivity contribution in [2.24, 2.45) is 11.3 Å². The van der Waals surface area contributed by atoms with Crippen molar-refractivity contribution in [2.45, 2.75) is 77.9 Å². The first-order valence-electron chi connectivity index (χ1n) is 7.81. The Morgan fingerprint density at radius 1 is 1.32 bits per heavy atom. The van der Waals surface area contributed by atoms with Crippen molar-refractivity contribution in [3.8, 4) is 0 Å². The van der Waals surface area contributed by atoms with Crippen molar-refractivity contribution in [2.75, 3.05) is 6.61 Å². The van der Waals surface area contributed by atoms with Crippen LogP contribution in [0, 0.1) is 11.3 Å². The van der Waals surface area contributed by atoms with E-state index in [2.05, 4.69) is 20.8 Å². The summed E-state index contributed by atoms with van der Waals surface area (Å²) >= 11 is 0. The van der Waals surface area contributed by atoms with Gasteiger partial charge < -0.3 is 9.47 Å². The van der Waals surface area contributed by atoms with Gasteiger partial charge in [-0.25, -0.2) is 0 Å². The minimum atomic E-state index is -0.0225. The normalized spacial score (nSPS) is 29.7. The number of esters is 1. The molecule has 0 N–H and O–H groups in total. The topological polar surface area (TPSA) is 38.8 Å². The molecule has 2 rings (SSSR count). The quantitative estimate of drug-likeness (QED) is 0.522. The number of hydrogen-bond donors (Lipinski definition) is 0. The number of ether oxygens (including phenoxy) is 2. The van der Waals surface area contributed by atoms with Gasteiger partial charge in [0.05, 0.1) is 18.8 Å². The fraction of sp³-hybridized carbons (Fsp3) is 0.938. The van der Waals surface area contributed by atoms with Gasteiger partial charge in [0.2, 0.25) is 0 Å². The summed E-state index contributed by atoms with van der Waals surface area (Å²) in [7, 11) is 0. The second-order valence-electron chi connectivity index (χ2n) is 6.95. The molecule has 110 valence electrons. The van der Waals surface area contributed by atoms with Crippen molar-refractivity contribution in [1.82, 2.24) is 0 Å². The van der Waals surface area contributed by atoms with Crippen LogP contribution in [-0.4, -0.2) is 24.8 Å². The van der Waals surface area contributed by atoms with Crippen LogP contribution in [-0.2, 0) is 14.3 Å². The molecule has 3 unspecified atom stereocenters. The second kappa shape index (κ2) is 6.25. The van der Waals surface area contributed by atoms with E-state index in [-0.39, 0.29) is 5.97 Å². The summed E-state index contributed by atoms with van der Waals surface area (Å²) in [6.45, 7) is 7.32. The van der Waals surface area contributed by atoms with Gasteiger partial charge in [0, 0.05) is 6.42 Å². The van der Waals surface area contributed by atoms with E-state index in [9.17, 15) is 4.79 Å². The molecular weight excluding hydrogens is 240 g/mol. The maximum Gasteiger partial charge on any atom is 0.305 e. The standard InChI is InChI=1S/C16H28O3/c1-4-16(2,3)9-5-6-15(17)18-11-12-7-8-13-14(10-12)19-13/h12-14H,4-11H2,1-3H3. The lowest BCUT2D eigenvalue weighted by atomic mass is 9.85. The van der Waals surface area contributed by atoms with Gasteiger partial charge in [-0.3, -0.25) is 4.79 Å². The van der Waals surface area contributed by atoms with E-state index >= 15 is 0 Å². The zero-order valence-corrected chi connectivity index (χ0v) is 12.6. The molecule has 2 fully saturated rings. The molecule has 0 radical (unpaired) electrons. The molecule has 1 saturated heterocycles. The van der Waals surface area contributed by atoms with Gasteiger partial charge in [0.1, 0.15) is 0 Å². The molecule has 0 aromatic rings. The largest absolute Gasteiger partial charge is 0.465 e. The Morgan fingerprint density at radius 3 is 2.79 bits per heavy atom. The highest BCUT2D eigenvalue weighted by Gasteiger charge is 2.43. The third-order valence-electron chi connectivity index (χ3n) is 4.78. The average molecular weight is 268 g/mol. The Labute approximate surface area is 117 Å². The van der Waals surface area contributed by atoms with Gasteiger partial charge in [-0.2, -0.15) is 0 Å². The SMILES string of the molecule is CCC(C)(C)CCCC(=O)OCC1CCC2OC2C1. The molecule has 1 aliphatic carbocycles. The summed E-state index contributed by atoms with van der Waals surface area (Å²) in [4.78, 5) is 11.7. The van der Waals surface area contributed by atoms with Crippen LogP contribution in [0.3, 0.4) is 0 Å². The fourth-order valence-corrected chi connectivity index (χ4v) is 2.81. The third kappa shape index (κ3) is 4.79. The van der Waals surface area contributed by atoms with E-state index in [1.165, 1.54) is 0 Å². The van der Waals surface area contributed by atoms with Crippen LogP contribution in [0.15, 0.2) is 0 Å². The van der Waals surface area contributed by atoms with Crippen LogP contribution in [0.1, 0.15) is 65.7 Å². The van der Waals surface area contributed by atoms with Gasteiger partial charge >= 0.3 is 5.97 Å². The van der Waals surface area contributed by atoms with E-state index in [4.69, 9.17) is 9.47 Å². The van der Waals surface area contributed by atoms with E-state index in [1.807, 2.05) is 0 Å². The molecule has 1 heterocycles. The predicted molar refractivity (Wildman–Crippen MR) is 74.9 cm³/mol. The monoisotopic (exact) mass is 268 g/mol. The maximum atomic E-state index is 11.7. The number of epoxide rings is 1. The molecule has 3 heteroatoms. The zero-order chi connectivity index (χ0) is 13.9. The predicted octanol–water partition coefficient (Wildman–Crippen LogP) is 3.70. The molecule has 0 spiro atoms. The van der Waals surface area contributed by atoms with E-state index in [1.54, 1.807) is 0 Å². The Kier molecular flexibility index (Phi) is 4.88. The summed E-state index contributed by atoms with van der Waals surface area (Å²) in [5, 5.41) is 0. The summed E-state index contributed by atoms with van der Waals surface area (Å²) < 4.78 is 10.9. The van der Waals surface area contributed by atoms with Gasteiger partial charge in [-0.1, -0.05) is 27.2 Å². The summed E-state index contributed by atoms with van der Waals surface area (Å²) in [6, 6.07) is 0. The van der Waals surface area contributed by atoms with Gasteiger partial charge in [-0.15, -0.1) is 0 Å². The number of fused-ring (bicyclic) bond motifs is 1. The summed E-state index contributed by atoms with van der Waals surface area (Å²) in [5.41, 5.74) is 0.349. The Bertz CT molecular complexity index is 311. The average Bonchev–Trinajstić information content (AvgIpc) is 3.14. The highest BCUT2D eigenvalue weighted by atomic mass is 16.6. The summed E-state index contributed by atoms with van der Waals surface area (Å²) in [5.74, 6) is 0.505. The smallest absolute Gasteiger partial charge is 0.305 e. The number of rotatable bonds is 7. The molecule has 1 aliphatic heterocycles. The minimum absolute atomic E-state index is 0.0225. The lowest BCUT2D eigenvalue weighted by Gasteiger charge is -2.22. The highest BCUT2D eigenvalue weighted by Crippen LogP contribution is 2.39. The van der Waals surface area contributed by atoms with Gasteiger partial charge in [0.15, 0.2) is 0 Å². The first-order valence-corrected chi connectivity index (χ1v) is 7.81. The van der Waals surface area contributed by atoms with Crippen molar-refractivity contribution in [3.05, 3.63) is 0 Å². The first kappa shape index (κ1) is 14.8. The Hall–Kier alpha value is -0.570. The number of carbonyl (C=O) groups excluding carboxylic acids is 1. The highest BCUT2D eigenvalue weighted by molar-refractivity contribution is 5.69. The molecule has 0 amide bonds. The molecule has 0 bridgehead atoms. The minimum Gasteiger partial charge on any atom is -0.465 e. The molecule has 0 aromatic heterocycles. The Balaban J connectivity index is 1.54. The molecule has 3 atom stereocenters. The van der Waals surface area contributed by atoms with E-state index in [0.29, 0.717) is 36.6 Å². The third-order valence-corrected chi connectivity index (χ3v) is 4.78. The number of carbonyl (C=O) groups is 1. The Morgan fingerprint density at radius 2 is 2.11 bits per heavy atom. The first-order chi connectivity index (χ1) is 9.00. The fourth-order valence-electron chi connectivity index (χ4n) is 2.81. The van der Waals surface area contributed by atoms with Crippen molar-refractivity contribution in [1.29, 1.82) is 0 Å². The van der Waals surface area contributed by atoms with Crippen LogP contribution in [0.25, 0.3) is 0 Å². The van der Waals surface area contributed by atoms with Gasteiger partial charge in [0.25, 0.3) is 0 Å². The molecule has 3 nitrogen and oxygen atoms in total.